The van der Waals surface area contributed by atoms with Gasteiger partial charge in [0.1, 0.15) is 11.9 Å². The minimum Gasteiger partial charge on any atom is -0.371 e. The highest BCUT2D eigenvalue weighted by Gasteiger charge is 2.28. The van der Waals surface area contributed by atoms with Gasteiger partial charge in [-0.2, -0.15) is 0 Å². The Balaban J connectivity index is 1.50. The third-order valence-corrected chi connectivity index (χ3v) is 4.57. The van der Waals surface area contributed by atoms with Crippen molar-refractivity contribution in [2.24, 2.45) is 0 Å². The predicted molar refractivity (Wildman–Crippen MR) is 89.5 cm³/mol. The van der Waals surface area contributed by atoms with E-state index in [1.54, 1.807) is 12.1 Å². The molecule has 0 radical (unpaired) electrons. The molecule has 7 nitrogen and oxygen atoms in total. The van der Waals surface area contributed by atoms with E-state index in [9.17, 15) is 18.8 Å². The lowest BCUT2D eigenvalue weighted by atomic mass is 10.0. The molecule has 25 heavy (non-hydrogen) atoms. The fourth-order valence-corrected chi connectivity index (χ4v) is 3.16. The van der Waals surface area contributed by atoms with Gasteiger partial charge in [0, 0.05) is 31.2 Å². The molecule has 0 spiro atoms. The van der Waals surface area contributed by atoms with Gasteiger partial charge in [-0.25, -0.2) is 9.18 Å². The summed E-state index contributed by atoms with van der Waals surface area (Å²) < 4.78 is 13.0. The minimum absolute atomic E-state index is 0.0213. The summed E-state index contributed by atoms with van der Waals surface area (Å²) in [5.74, 6) is -0.894. The number of amides is 4. The van der Waals surface area contributed by atoms with Crippen molar-refractivity contribution in [1.82, 2.24) is 16.0 Å². The maximum Gasteiger partial charge on any atom is 0.322 e. The Morgan fingerprint density at radius 2 is 1.80 bits per heavy atom. The Kier molecular flexibility index (Phi) is 5.16. The van der Waals surface area contributed by atoms with Gasteiger partial charge >= 0.3 is 6.03 Å². The molecule has 134 valence electrons. The van der Waals surface area contributed by atoms with Crippen LogP contribution in [0.3, 0.4) is 0 Å². The van der Waals surface area contributed by atoms with E-state index in [2.05, 4.69) is 20.9 Å². The highest BCUT2D eigenvalue weighted by molar-refractivity contribution is 5.98. The second-order valence-corrected chi connectivity index (χ2v) is 6.36. The average molecular weight is 348 g/mol. The lowest BCUT2D eigenvalue weighted by Gasteiger charge is -2.34. The van der Waals surface area contributed by atoms with E-state index < -0.39 is 12.1 Å². The number of hydrogen-bond donors (Lipinski definition) is 3. The number of imide groups is 1. The van der Waals surface area contributed by atoms with Crippen molar-refractivity contribution >= 4 is 23.5 Å². The smallest absolute Gasteiger partial charge is 0.322 e. The second-order valence-electron chi connectivity index (χ2n) is 6.36. The molecule has 1 aromatic rings. The Bertz CT molecular complexity index is 656. The molecule has 4 amide bonds. The number of carbonyl (C=O) groups excluding carboxylic acids is 3. The van der Waals surface area contributed by atoms with E-state index >= 15 is 0 Å². The Labute approximate surface area is 144 Å². The van der Waals surface area contributed by atoms with Crippen molar-refractivity contribution in [2.45, 2.75) is 37.8 Å². The van der Waals surface area contributed by atoms with E-state index in [1.165, 1.54) is 12.1 Å². The SMILES string of the molecule is O=C1CC[C@H](C(=O)NC2CCN(c3ccc(F)cc3)CC2)NC(=O)N1. The summed E-state index contributed by atoms with van der Waals surface area (Å²) in [6.07, 6.45) is 1.96. The fraction of sp³-hybridized carbons (Fsp3) is 0.471. The van der Waals surface area contributed by atoms with Crippen LogP contribution in [0.1, 0.15) is 25.7 Å². The topological polar surface area (TPSA) is 90.5 Å². The zero-order chi connectivity index (χ0) is 17.8. The van der Waals surface area contributed by atoms with Crippen molar-refractivity contribution in [3.63, 3.8) is 0 Å². The van der Waals surface area contributed by atoms with Crippen molar-refractivity contribution in [3.05, 3.63) is 30.1 Å². The van der Waals surface area contributed by atoms with Gasteiger partial charge in [0.2, 0.25) is 11.8 Å². The zero-order valence-corrected chi connectivity index (χ0v) is 13.8. The number of hydrogen-bond acceptors (Lipinski definition) is 4. The number of nitrogens with one attached hydrogen (secondary N) is 3. The van der Waals surface area contributed by atoms with E-state index in [-0.39, 0.29) is 36.5 Å². The van der Waals surface area contributed by atoms with Crippen LogP contribution in [0.25, 0.3) is 0 Å². The minimum atomic E-state index is -0.693. The summed E-state index contributed by atoms with van der Waals surface area (Å²) >= 11 is 0. The normalized spacial score (nSPS) is 22.0. The van der Waals surface area contributed by atoms with Crippen LogP contribution < -0.4 is 20.9 Å². The van der Waals surface area contributed by atoms with Crippen molar-refractivity contribution in [2.75, 3.05) is 18.0 Å². The van der Waals surface area contributed by atoms with Gasteiger partial charge in [-0.05, 0) is 43.5 Å². The van der Waals surface area contributed by atoms with Crippen molar-refractivity contribution < 1.29 is 18.8 Å². The molecule has 2 heterocycles. The number of rotatable bonds is 3. The lowest BCUT2D eigenvalue weighted by molar-refractivity contribution is -0.124. The van der Waals surface area contributed by atoms with Gasteiger partial charge in [-0.15, -0.1) is 0 Å². The Morgan fingerprint density at radius 1 is 1.12 bits per heavy atom. The standard InChI is InChI=1S/C17H21FN4O3/c18-11-1-3-13(4-2-11)22-9-7-12(8-10-22)19-16(24)14-5-6-15(23)21-17(25)20-14/h1-4,12,14H,5-10H2,(H,19,24)(H2,20,21,23,25)/t14-/m1/s1. The lowest BCUT2D eigenvalue weighted by Crippen LogP contribution is -2.52. The van der Waals surface area contributed by atoms with Crippen LogP contribution in [0.5, 0.6) is 0 Å². The van der Waals surface area contributed by atoms with Gasteiger partial charge in [-0.3, -0.25) is 14.9 Å². The van der Waals surface area contributed by atoms with Crippen molar-refractivity contribution in [1.29, 1.82) is 0 Å². The molecule has 3 rings (SSSR count). The molecule has 1 atom stereocenters. The fourth-order valence-electron chi connectivity index (χ4n) is 3.16. The maximum absolute atomic E-state index is 13.0. The number of urea groups is 1. The summed E-state index contributed by atoms with van der Waals surface area (Å²) in [4.78, 5) is 37.3. The number of halogens is 1. The summed E-state index contributed by atoms with van der Waals surface area (Å²) in [5, 5.41) is 7.62. The second kappa shape index (κ2) is 7.50. The molecule has 8 heteroatoms. The summed E-state index contributed by atoms with van der Waals surface area (Å²) in [5.41, 5.74) is 0.965. The first-order valence-corrected chi connectivity index (χ1v) is 8.42. The summed E-state index contributed by atoms with van der Waals surface area (Å²) in [7, 11) is 0. The maximum atomic E-state index is 13.0. The van der Waals surface area contributed by atoms with Gasteiger partial charge in [-0.1, -0.05) is 0 Å². The van der Waals surface area contributed by atoms with Crippen LogP contribution >= 0.6 is 0 Å². The number of piperidine rings is 1. The highest BCUT2D eigenvalue weighted by atomic mass is 19.1. The highest BCUT2D eigenvalue weighted by Crippen LogP contribution is 2.20. The molecule has 1 aromatic carbocycles. The molecule has 2 aliphatic heterocycles. The van der Waals surface area contributed by atoms with Crippen LogP contribution in [-0.2, 0) is 9.59 Å². The van der Waals surface area contributed by atoms with E-state index in [0.717, 1.165) is 31.6 Å². The van der Waals surface area contributed by atoms with Gasteiger partial charge in [0.05, 0.1) is 0 Å². The number of anilines is 1. The van der Waals surface area contributed by atoms with E-state index in [4.69, 9.17) is 0 Å². The third kappa shape index (κ3) is 4.46. The quantitative estimate of drug-likeness (QED) is 0.757. The van der Waals surface area contributed by atoms with Gasteiger partial charge in [0.25, 0.3) is 0 Å². The number of carbonyl (C=O) groups is 3. The number of nitrogens with zero attached hydrogens (tertiary/aromatic N) is 1. The Morgan fingerprint density at radius 3 is 2.48 bits per heavy atom. The Hall–Kier alpha value is -2.64. The van der Waals surface area contributed by atoms with E-state index in [0.29, 0.717) is 0 Å². The molecular weight excluding hydrogens is 327 g/mol. The monoisotopic (exact) mass is 348 g/mol. The first kappa shape index (κ1) is 17.2. The van der Waals surface area contributed by atoms with Gasteiger partial charge in [0.15, 0.2) is 0 Å². The predicted octanol–water partition coefficient (Wildman–Crippen LogP) is 0.899. The molecule has 2 aliphatic rings. The van der Waals surface area contributed by atoms with Crippen molar-refractivity contribution in [3.8, 4) is 0 Å². The van der Waals surface area contributed by atoms with Crippen LogP contribution in [0.4, 0.5) is 14.9 Å². The summed E-state index contributed by atoms with van der Waals surface area (Å²) in [6, 6.07) is 5.07. The molecule has 0 bridgehead atoms. The van der Waals surface area contributed by atoms with Gasteiger partial charge < -0.3 is 15.5 Å². The molecular formula is C17H21FN4O3. The molecule has 0 aliphatic carbocycles. The molecule has 0 saturated carbocycles. The summed E-state index contributed by atoms with van der Waals surface area (Å²) in [6.45, 7) is 1.52. The first-order chi connectivity index (χ1) is 12.0. The molecule has 3 N–H and O–H groups in total. The van der Waals surface area contributed by atoms with Crippen LogP contribution in [0.2, 0.25) is 0 Å². The molecule has 0 unspecified atom stereocenters. The van der Waals surface area contributed by atoms with Crippen LogP contribution in [-0.4, -0.2) is 43.0 Å². The molecule has 0 aromatic heterocycles. The average Bonchev–Trinajstić information content (AvgIpc) is 2.77. The largest absolute Gasteiger partial charge is 0.371 e. The number of benzene rings is 1. The molecule has 2 saturated heterocycles. The van der Waals surface area contributed by atoms with Crippen LogP contribution in [0, 0.1) is 5.82 Å². The van der Waals surface area contributed by atoms with E-state index in [1.807, 2.05) is 0 Å². The molecule has 2 fully saturated rings. The third-order valence-electron chi connectivity index (χ3n) is 4.57. The zero-order valence-electron chi connectivity index (χ0n) is 13.8. The van der Waals surface area contributed by atoms with Crippen LogP contribution in [0.15, 0.2) is 24.3 Å². The first-order valence-electron chi connectivity index (χ1n) is 8.42.